The molecule has 0 spiro atoms. The number of rotatable bonds is 4. The van der Waals surface area contributed by atoms with E-state index in [9.17, 15) is 8.42 Å². The van der Waals surface area contributed by atoms with E-state index in [1.54, 1.807) is 12.1 Å². The Bertz CT molecular complexity index is 1170. The van der Waals surface area contributed by atoms with Crippen LogP contribution >= 0.6 is 23.2 Å². The maximum absolute atomic E-state index is 13.9. The van der Waals surface area contributed by atoms with Crippen LogP contribution in [0.1, 0.15) is 11.1 Å². The first-order valence-corrected chi connectivity index (χ1v) is 11.0. The fourth-order valence-electron chi connectivity index (χ4n) is 3.52. The third kappa shape index (κ3) is 3.00. The minimum atomic E-state index is -3.85. The number of hydrogen-bond donors (Lipinski definition) is 0. The number of sulfone groups is 1. The SMILES string of the molecule is O=S(=O)(c1c(CCl)ccc2ccccc12)c1c(CCl)ccc2ccccc12. The molecule has 0 radical (unpaired) electrons. The second-order valence-electron chi connectivity index (χ2n) is 6.32. The summed E-state index contributed by atoms with van der Waals surface area (Å²) < 4.78 is 27.8. The van der Waals surface area contributed by atoms with Gasteiger partial charge >= 0.3 is 0 Å². The molecule has 27 heavy (non-hydrogen) atoms. The van der Waals surface area contributed by atoms with E-state index >= 15 is 0 Å². The Morgan fingerprint density at radius 1 is 0.593 bits per heavy atom. The zero-order chi connectivity index (χ0) is 19.0. The first-order valence-electron chi connectivity index (χ1n) is 8.46. The molecule has 4 aromatic rings. The Hall–Kier alpha value is -2.07. The van der Waals surface area contributed by atoms with Crippen LogP contribution in [-0.2, 0) is 21.6 Å². The van der Waals surface area contributed by atoms with Crippen molar-refractivity contribution in [2.45, 2.75) is 21.6 Å². The van der Waals surface area contributed by atoms with Crippen molar-refractivity contribution in [2.75, 3.05) is 0 Å². The van der Waals surface area contributed by atoms with Crippen molar-refractivity contribution in [3.8, 4) is 0 Å². The Morgan fingerprint density at radius 2 is 1.00 bits per heavy atom. The van der Waals surface area contributed by atoms with Gasteiger partial charge in [0.1, 0.15) is 0 Å². The van der Waals surface area contributed by atoms with Crippen LogP contribution in [0, 0.1) is 0 Å². The quantitative estimate of drug-likeness (QED) is 0.367. The number of hydrogen-bond acceptors (Lipinski definition) is 2. The van der Waals surface area contributed by atoms with Gasteiger partial charge in [0.2, 0.25) is 9.84 Å². The zero-order valence-corrected chi connectivity index (χ0v) is 16.7. The number of alkyl halides is 2. The molecule has 0 aliphatic rings. The average molecular weight is 415 g/mol. The van der Waals surface area contributed by atoms with Crippen LogP contribution in [-0.4, -0.2) is 8.42 Å². The predicted octanol–water partition coefficient (Wildman–Crippen LogP) is 6.30. The van der Waals surface area contributed by atoms with E-state index in [1.165, 1.54) is 0 Å². The Morgan fingerprint density at radius 3 is 1.41 bits per heavy atom. The van der Waals surface area contributed by atoms with Crippen molar-refractivity contribution >= 4 is 54.6 Å². The molecule has 0 amide bonds. The van der Waals surface area contributed by atoms with Gasteiger partial charge in [0.15, 0.2) is 0 Å². The minimum Gasteiger partial charge on any atom is -0.218 e. The van der Waals surface area contributed by atoms with Gasteiger partial charge < -0.3 is 0 Å². The van der Waals surface area contributed by atoms with Gasteiger partial charge in [-0.1, -0.05) is 72.8 Å². The van der Waals surface area contributed by atoms with E-state index in [2.05, 4.69) is 0 Å². The topological polar surface area (TPSA) is 34.1 Å². The fraction of sp³-hybridized carbons (Fsp3) is 0.0909. The van der Waals surface area contributed by atoms with E-state index in [1.807, 2.05) is 60.7 Å². The van der Waals surface area contributed by atoms with Crippen molar-refractivity contribution in [1.82, 2.24) is 0 Å². The van der Waals surface area contributed by atoms with Crippen molar-refractivity contribution in [3.05, 3.63) is 83.9 Å². The molecule has 0 N–H and O–H groups in total. The summed E-state index contributed by atoms with van der Waals surface area (Å²) in [4.78, 5) is 0.525. The van der Waals surface area contributed by atoms with E-state index in [0.29, 0.717) is 21.9 Å². The second kappa shape index (κ2) is 7.16. The van der Waals surface area contributed by atoms with Crippen molar-refractivity contribution in [2.24, 2.45) is 0 Å². The highest BCUT2D eigenvalue weighted by Crippen LogP contribution is 2.37. The summed E-state index contributed by atoms with van der Waals surface area (Å²) in [6, 6.07) is 22.3. The summed E-state index contributed by atoms with van der Waals surface area (Å²) in [5.74, 6) is 0.223. The van der Waals surface area contributed by atoms with E-state index in [4.69, 9.17) is 23.2 Å². The van der Waals surface area contributed by atoms with Gasteiger partial charge in [-0.15, -0.1) is 23.2 Å². The average Bonchev–Trinajstić information content (AvgIpc) is 2.71. The summed E-state index contributed by atoms with van der Waals surface area (Å²) in [5, 5.41) is 3.06. The van der Waals surface area contributed by atoms with Crippen molar-refractivity contribution < 1.29 is 8.42 Å². The van der Waals surface area contributed by atoms with Gasteiger partial charge in [-0.05, 0) is 21.9 Å². The summed E-state index contributed by atoms with van der Waals surface area (Å²) in [6.45, 7) is 0. The summed E-state index contributed by atoms with van der Waals surface area (Å²) in [7, 11) is -3.85. The number of halogens is 2. The molecular weight excluding hydrogens is 399 g/mol. The van der Waals surface area contributed by atoms with Gasteiger partial charge in [0, 0.05) is 22.5 Å². The van der Waals surface area contributed by atoms with Crippen LogP contribution in [0.5, 0.6) is 0 Å². The molecule has 0 saturated heterocycles. The highest BCUT2D eigenvalue weighted by molar-refractivity contribution is 7.92. The predicted molar refractivity (Wildman–Crippen MR) is 112 cm³/mol. The molecule has 0 bridgehead atoms. The molecule has 0 fully saturated rings. The van der Waals surface area contributed by atoms with Crippen LogP contribution < -0.4 is 0 Å². The monoisotopic (exact) mass is 414 g/mol. The third-order valence-electron chi connectivity index (χ3n) is 4.75. The molecule has 0 heterocycles. The largest absolute Gasteiger partial charge is 0.218 e. The molecule has 0 atom stereocenters. The van der Waals surface area contributed by atoms with Crippen molar-refractivity contribution in [3.63, 3.8) is 0 Å². The molecule has 4 aromatic carbocycles. The molecule has 5 heteroatoms. The van der Waals surface area contributed by atoms with Crippen LogP contribution in [0.3, 0.4) is 0 Å². The lowest BCUT2D eigenvalue weighted by Crippen LogP contribution is -2.09. The number of fused-ring (bicyclic) bond motifs is 2. The maximum Gasteiger partial charge on any atom is 0.208 e. The second-order valence-corrected chi connectivity index (χ2v) is 8.68. The minimum absolute atomic E-state index is 0.111. The Kier molecular flexibility index (Phi) is 4.85. The molecular formula is C22H16Cl2O2S. The molecule has 0 aliphatic heterocycles. The van der Waals surface area contributed by atoms with Gasteiger partial charge in [0.05, 0.1) is 9.79 Å². The molecule has 0 unspecified atom stereocenters. The highest BCUT2D eigenvalue weighted by atomic mass is 35.5. The molecule has 0 aromatic heterocycles. The molecule has 0 saturated carbocycles. The fourth-order valence-corrected chi connectivity index (χ4v) is 6.25. The van der Waals surface area contributed by atoms with Gasteiger partial charge in [-0.2, -0.15) is 0 Å². The molecule has 0 aliphatic carbocycles. The summed E-state index contributed by atoms with van der Waals surface area (Å²) in [6.07, 6.45) is 0. The van der Waals surface area contributed by atoms with E-state index in [-0.39, 0.29) is 21.6 Å². The zero-order valence-electron chi connectivity index (χ0n) is 14.3. The van der Waals surface area contributed by atoms with Crippen LogP contribution in [0.15, 0.2) is 82.6 Å². The molecule has 4 rings (SSSR count). The Labute approximate surface area is 168 Å². The van der Waals surface area contributed by atoms with Gasteiger partial charge in [-0.3, -0.25) is 0 Å². The van der Waals surface area contributed by atoms with Gasteiger partial charge in [-0.25, -0.2) is 8.42 Å². The lowest BCUT2D eigenvalue weighted by atomic mass is 10.1. The Balaban J connectivity index is 2.16. The normalized spacial score (nSPS) is 11.9. The van der Waals surface area contributed by atoms with Crippen LogP contribution in [0.4, 0.5) is 0 Å². The lowest BCUT2D eigenvalue weighted by molar-refractivity contribution is 0.596. The molecule has 136 valence electrons. The third-order valence-corrected chi connectivity index (χ3v) is 7.36. The maximum atomic E-state index is 13.9. The highest BCUT2D eigenvalue weighted by Gasteiger charge is 2.28. The smallest absolute Gasteiger partial charge is 0.208 e. The first-order chi connectivity index (χ1) is 13.1. The van der Waals surface area contributed by atoms with E-state index in [0.717, 1.165) is 10.8 Å². The van der Waals surface area contributed by atoms with Gasteiger partial charge in [0.25, 0.3) is 0 Å². The molecule has 2 nitrogen and oxygen atoms in total. The number of benzene rings is 4. The van der Waals surface area contributed by atoms with Crippen molar-refractivity contribution in [1.29, 1.82) is 0 Å². The standard InChI is InChI=1S/C22H16Cl2O2S/c23-13-17-11-9-15-5-1-3-7-19(15)21(17)27(25,26)22-18(14-24)12-10-16-6-2-4-8-20(16)22/h1-12H,13-14H2. The van der Waals surface area contributed by atoms with E-state index < -0.39 is 9.84 Å². The first kappa shape index (κ1) is 18.3. The van der Waals surface area contributed by atoms with Crippen LogP contribution in [0.2, 0.25) is 0 Å². The summed E-state index contributed by atoms with van der Waals surface area (Å²) >= 11 is 12.3. The van der Waals surface area contributed by atoms with Crippen LogP contribution in [0.25, 0.3) is 21.5 Å². The lowest BCUT2D eigenvalue weighted by Gasteiger charge is -2.16. The summed E-state index contributed by atoms with van der Waals surface area (Å²) in [5.41, 5.74) is 1.17.